The van der Waals surface area contributed by atoms with E-state index in [1.165, 1.54) is 30.4 Å². The van der Waals surface area contributed by atoms with Gasteiger partial charge in [0, 0.05) is 12.0 Å². The van der Waals surface area contributed by atoms with E-state index >= 15 is 0 Å². The molecule has 0 spiro atoms. The van der Waals surface area contributed by atoms with Gasteiger partial charge in [-0.05, 0) is 51.8 Å². The Bertz CT molecular complexity index is 408. The van der Waals surface area contributed by atoms with E-state index < -0.39 is 0 Å². The number of piperidine rings is 1. The molecule has 2 unspecified atom stereocenters. The van der Waals surface area contributed by atoms with Crippen LogP contribution in [0.15, 0.2) is 24.3 Å². The predicted molar refractivity (Wildman–Crippen MR) is 85.0 cm³/mol. The zero-order valence-electron chi connectivity index (χ0n) is 13.2. The van der Waals surface area contributed by atoms with Gasteiger partial charge in [-0.1, -0.05) is 43.2 Å². The second-order valence-corrected chi connectivity index (χ2v) is 6.46. The molecule has 1 aliphatic rings. The first-order valence-corrected chi connectivity index (χ1v) is 8.05. The average molecular weight is 275 g/mol. The van der Waals surface area contributed by atoms with Crippen LogP contribution in [0.25, 0.3) is 0 Å². The van der Waals surface area contributed by atoms with Gasteiger partial charge in [0.15, 0.2) is 0 Å². The lowest BCUT2D eigenvalue weighted by molar-refractivity contribution is -0.0328. The number of benzene rings is 1. The molecule has 2 nitrogen and oxygen atoms in total. The summed E-state index contributed by atoms with van der Waals surface area (Å²) in [5, 5.41) is 10.8. The lowest BCUT2D eigenvalue weighted by Crippen LogP contribution is -2.56. The van der Waals surface area contributed by atoms with Crippen molar-refractivity contribution >= 4 is 0 Å². The monoisotopic (exact) mass is 275 g/mol. The molecule has 2 atom stereocenters. The van der Waals surface area contributed by atoms with E-state index in [0.29, 0.717) is 0 Å². The van der Waals surface area contributed by atoms with Crippen LogP contribution in [-0.4, -0.2) is 34.7 Å². The zero-order valence-corrected chi connectivity index (χ0v) is 13.2. The SMILES string of the molecule is CCC(C)(C(O)Cc1ccc(C)cc1)N1CCCCC1. The molecule has 112 valence electrons. The standard InChI is InChI=1S/C18H29NO/c1-4-18(3,19-12-6-5-7-13-19)17(20)14-16-10-8-15(2)9-11-16/h8-11,17,20H,4-7,12-14H2,1-3H3. The quantitative estimate of drug-likeness (QED) is 0.888. The Hall–Kier alpha value is -0.860. The van der Waals surface area contributed by atoms with Crippen molar-refractivity contribution in [1.29, 1.82) is 0 Å². The van der Waals surface area contributed by atoms with Gasteiger partial charge >= 0.3 is 0 Å². The summed E-state index contributed by atoms with van der Waals surface area (Å²) in [5.41, 5.74) is 2.42. The fourth-order valence-electron chi connectivity index (χ4n) is 3.24. The van der Waals surface area contributed by atoms with Gasteiger partial charge in [-0.15, -0.1) is 0 Å². The summed E-state index contributed by atoms with van der Waals surface area (Å²) < 4.78 is 0. The molecule has 0 aliphatic carbocycles. The molecule has 1 fully saturated rings. The Balaban J connectivity index is 2.07. The smallest absolute Gasteiger partial charge is 0.0761 e. The van der Waals surface area contributed by atoms with Crippen LogP contribution in [0.4, 0.5) is 0 Å². The number of hydrogen-bond donors (Lipinski definition) is 1. The molecule has 0 saturated carbocycles. The lowest BCUT2D eigenvalue weighted by Gasteiger charge is -2.46. The van der Waals surface area contributed by atoms with Crippen LogP contribution in [-0.2, 0) is 6.42 Å². The van der Waals surface area contributed by atoms with E-state index in [1.807, 2.05) is 0 Å². The van der Waals surface area contributed by atoms with Crippen molar-refractivity contribution in [2.24, 2.45) is 0 Å². The average Bonchev–Trinajstić information content (AvgIpc) is 2.49. The number of aryl methyl sites for hydroxylation is 1. The Morgan fingerprint density at radius 1 is 1.15 bits per heavy atom. The maximum absolute atomic E-state index is 10.8. The van der Waals surface area contributed by atoms with Crippen molar-refractivity contribution in [3.8, 4) is 0 Å². The van der Waals surface area contributed by atoms with Crippen molar-refractivity contribution in [3.63, 3.8) is 0 Å². The number of nitrogens with zero attached hydrogens (tertiary/aromatic N) is 1. The number of rotatable bonds is 5. The Morgan fingerprint density at radius 2 is 1.75 bits per heavy atom. The van der Waals surface area contributed by atoms with E-state index in [2.05, 4.69) is 49.9 Å². The lowest BCUT2D eigenvalue weighted by atomic mass is 9.84. The Morgan fingerprint density at radius 3 is 2.30 bits per heavy atom. The maximum atomic E-state index is 10.8. The topological polar surface area (TPSA) is 23.5 Å². The van der Waals surface area contributed by atoms with E-state index in [1.54, 1.807) is 0 Å². The number of likely N-dealkylation sites (tertiary alicyclic amines) is 1. The van der Waals surface area contributed by atoms with Gasteiger partial charge in [0.25, 0.3) is 0 Å². The van der Waals surface area contributed by atoms with Crippen LogP contribution in [0, 0.1) is 6.92 Å². The highest BCUT2D eigenvalue weighted by Gasteiger charge is 2.37. The molecule has 2 heteroatoms. The molecule has 1 heterocycles. The minimum atomic E-state index is -0.298. The third-order valence-electron chi connectivity index (χ3n) is 5.06. The van der Waals surface area contributed by atoms with Crippen LogP contribution < -0.4 is 0 Å². The first-order chi connectivity index (χ1) is 9.56. The summed E-state index contributed by atoms with van der Waals surface area (Å²) >= 11 is 0. The molecule has 1 saturated heterocycles. The molecule has 0 radical (unpaired) electrons. The first-order valence-electron chi connectivity index (χ1n) is 8.05. The number of aliphatic hydroxyl groups is 1. The highest BCUT2D eigenvalue weighted by molar-refractivity contribution is 5.22. The van der Waals surface area contributed by atoms with Gasteiger partial charge in [-0.3, -0.25) is 4.90 Å². The summed E-state index contributed by atoms with van der Waals surface area (Å²) in [6, 6.07) is 8.55. The van der Waals surface area contributed by atoms with Crippen LogP contribution in [0.5, 0.6) is 0 Å². The molecule has 1 N–H and O–H groups in total. The third kappa shape index (κ3) is 3.42. The largest absolute Gasteiger partial charge is 0.391 e. The van der Waals surface area contributed by atoms with Gasteiger partial charge in [-0.2, -0.15) is 0 Å². The number of aliphatic hydroxyl groups excluding tert-OH is 1. The van der Waals surface area contributed by atoms with E-state index in [4.69, 9.17) is 0 Å². The van der Waals surface area contributed by atoms with Gasteiger partial charge in [-0.25, -0.2) is 0 Å². The fraction of sp³-hybridized carbons (Fsp3) is 0.667. The van der Waals surface area contributed by atoms with Gasteiger partial charge in [0.2, 0.25) is 0 Å². The number of hydrogen-bond acceptors (Lipinski definition) is 2. The van der Waals surface area contributed by atoms with E-state index in [-0.39, 0.29) is 11.6 Å². The summed E-state index contributed by atoms with van der Waals surface area (Å²) in [6.45, 7) is 8.80. The van der Waals surface area contributed by atoms with E-state index in [9.17, 15) is 5.11 Å². The molecule has 0 aromatic heterocycles. The molecule has 20 heavy (non-hydrogen) atoms. The van der Waals surface area contributed by atoms with Crippen molar-refractivity contribution < 1.29 is 5.11 Å². The van der Waals surface area contributed by atoms with Crippen molar-refractivity contribution in [3.05, 3.63) is 35.4 Å². The maximum Gasteiger partial charge on any atom is 0.0761 e. The molecular weight excluding hydrogens is 246 g/mol. The van der Waals surface area contributed by atoms with Crippen molar-refractivity contribution in [1.82, 2.24) is 4.90 Å². The van der Waals surface area contributed by atoms with Crippen molar-refractivity contribution in [2.75, 3.05) is 13.1 Å². The molecule has 2 rings (SSSR count). The normalized spacial score (nSPS) is 21.4. The second-order valence-electron chi connectivity index (χ2n) is 6.46. The molecule has 0 bridgehead atoms. The second kappa shape index (κ2) is 6.73. The minimum absolute atomic E-state index is 0.0920. The highest BCUT2D eigenvalue weighted by Crippen LogP contribution is 2.29. The first kappa shape index (κ1) is 15.5. The highest BCUT2D eigenvalue weighted by atomic mass is 16.3. The summed E-state index contributed by atoms with van der Waals surface area (Å²) in [6.07, 6.45) is 5.33. The third-order valence-corrected chi connectivity index (χ3v) is 5.06. The molecule has 0 amide bonds. The van der Waals surface area contributed by atoms with Gasteiger partial charge < -0.3 is 5.11 Å². The summed E-state index contributed by atoms with van der Waals surface area (Å²) in [4.78, 5) is 2.51. The predicted octanol–water partition coefficient (Wildman–Crippen LogP) is 3.55. The summed E-state index contributed by atoms with van der Waals surface area (Å²) in [5.74, 6) is 0. The van der Waals surface area contributed by atoms with Crippen LogP contribution in [0.3, 0.4) is 0 Å². The molecule has 1 aromatic carbocycles. The van der Waals surface area contributed by atoms with Crippen molar-refractivity contribution in [2.45, 2.75) is 64.5 Å². The minimum Gasteiger partial charge on any atom is -0.391 e. The Labute approximate surface area is 123 Å². The van der Waals surface area contributed by atoms with Crippen LogP contribution in [0.2, 0.25) is 0 Å². The Kier molecular flexibility index (Phi) is 5.22. The van der Waals surface area contributed by atoms with Crippen LogP contribution in [0.1, 0.15) is 50.7 Å². The molecule has 1 aliphatic heterocycles. The van der Waals surface area contributed by atoms with Gasteiger partial charge in [0.05, 0.1) is 6.10 Å². The van der Waals surface area contributed by atoms with Crippen LogP contribution >= 0.6 is 0 Å². The molecular formula is C18H29NO. The zero-order chi connectivity index (χ0) is 14.6. The van der Waals surface area contributed by atoms with E-state index in [0.717, 1.165) is 25.9 Å². The summed E-state index contributed by atoms with van der Waals surface area (Å²) in [7, 11) is 0. The van der Waals surface area contributed by atoms with Gasteiger partial charge in [0.1, 0.15) is 0 Å². The molecule has 1 aromatic rings. The fourth-order valence-corrected chi connectivity index (χ4v) is 3.24.